The van der Waals surface area contributed by atoms with Gasteiger partial charge in [0, 0.05) is 12.8 Å². The molecule has 376 valence electrons. The van der Waals surface area contributed by atoms with Gasteiger partial charge < -0.3 is 44.6 Å². The van der Waals surface area contributed by atoms with Gasteiger partial charge in [-0.05, 0) is 77.0 Å². The van der Waals surface area contributed by atoms with E-state index in [0.29, 0.717) is 12.8 Å². The molecular formula is C47H82O16P2. The Hall–Kier alpha value is -2.30. The van der Waals surface area contributed by atoms with Crippen molar-refractivity contribution >= 4 is 27.6 Å². The van der Waals surface area contributed by atoms with Crippen LogP contribution in [0.15, 0.2) is 60.8 Å². The Labute approximate surface area is 388 Å². The van der Waals surface area contributed by atoms with Crippen molar-refractivity contribution < 1.29 is 76.9 Å². The molecule has 0 bridgehead atoms. The first-order valence-corrected chi connectivity index (χ1v) is 26.9. The summed E-state index contributed by atoms with van der Waals surface area (Å²) in [6.07, 6.45) is 28.9. The number of phosphoric ester groups is 2. The van der Waals surface area contributed by atoms with E-state index in [9.17, 15) is 53.8 Å². The minimum atomic E-state index is -5.37. The minimum absolute atomic E-state index is 0.0131. The van der Waals surface area contributed by atoms with Gasteiger partial charge in [0.1, 0.15) is 43.2 Å². The summed E-state index contributed by atoms with van der Waals surface area (Å²) in [5.41, 5.74) is 0. The van der Waals surface area contributed by atoms with Gasteiger partial charge in [-0.2, -0.15) is 0 Å². The number of rotatable bonds is 39. The van der Waals surface area contributed by atoms with Crippen molar-refractivity contribution in [2.45, 2.75) is 211 Å². The van der Waals surface area contributed by atoms with Crippen molar-refractivity contribution in [1.82, 2.24) is 0 Å². The molecule has 65 heavy (non-hydrogen) atoms. The SMILES string of the molecule is CCC=CCC=CCC=CCC=CCCCCCCC(=O)OC(COC(=O)CCCCCCCCCC=CCCCCCC)COP(=O)(O)OC1C(O)C(O)C(O)C(OP(=O)(O)O)C1O. The molecule has 8 unspecified atom stereocenters. The summed E-state index contributed by atoms with van der Waals surface area (Å²) in [4.78, 5) is 54.3. The Morgan fingerprint density at radius 2 is 0.938 bits per heavy atom. The van der Waals surface area contributed by atoms with E-state index in [-0.39, 0.29) is 12.8 Å². The highest BCUT2D eigenvalue weighted by molar-refractivity contribution is 7.47. The van der Waals surface area contributed by atoms with E-state index in [1.54, 1.807) is 0 Å². The van der Waals surface area contributed by atoms with Gasteiger partial charge in [-0.3, -0.25) is 23.2 Å². The van der Waals surface area contributed by atoms with Crippen LogP contribution in [0.2, 0.25) is 0 Å². The normalized spacial score (nSPS) is 22.2. The predicted molar refractivity (Wildman–Crippen MR) is 250 cm³/mol. The van der Waals surface area contributed by atoms with Crippen LogP contribution in [0.25, 0.3) is 0 Å². The average molecular weight is 965 g/mol. The van der Waals surface area contributed by atoms with Gasteiger partial charge in [0.2, 0.25) is 0 Å². The molecular weight excluding hydrogens is 882 g/mol. The molecule has 0 spiro atoms. The Morgan fingerprint density at radius 1 is 0.508 bits per heavy atom. The summed E-state index contributed by atoms with van der Waals surface area (Å²) in [5.74, 6) is -1.24. The van der Waals surface area contributed by atoms with Crippen LogP contribution in [0.4, 0.5) is 0 Å². The third kappa shape index (κ3) is 32.2. The zero-order valence-electron chi connectivity index (χ0n) is 38.9. The number of carbonyl (C=O) groups excluding carboxylic acids is 2. The van der Waals surface area contributed by atoms with Gasteiger partial charge in [-0.25, -0.2) is 9.13 Å². The second kappa shape index (κ2) is 37.7. The maximum Gasteiger partial charge on any atom is 0.472 e. The molecule has 0 aromatic carbocycles. The van der Waals surface area contributed by atoms with E-state index < -0.39 is 83.5 Å². The molecule has 16 nitrogen and oxygen atoms in total. The van der Waals surface area contributed by atoms with Gasteiger partial charge in [-0.15, -0.1) is 0 Å². The molecule has 1 aliphatic rings. The van der Waals surface area contributed by atoms with E-state index in [4.69, 9.17) is 18.5 Å². The molecule has 0 aliphatic heterocycles. The average Bonchev–Trinajstić information content (AvgIpc) is 3.26. The van der Waals surface area contributed by atoms with Crippen LogP contribution < -0.4 is 0 Å². The summed E-state index contributed by atoms with van der Waals surface area (Å²) in [6, 6.07) is 0. The molecule has 0 amide bonds. The molecule has 8 atom stereocenters. The number of aliphatic hydroxyl groups is 4. The van der Waals surface area contributed by atoms with Crippen LogP contribution in [0.3, 0.4) is 0 Å². The number of ether oxygens (including phenoxy) is 2. The molecule has 0 radical (unpaired) electrons. The number of carbonyl (C=O) groups is 2. The Morgan fingerprint density at radius 3 is 1.45 bits per heavy atom. The summed E-state index contributed by atoms with van der Waals surface area (Å²) < 4.78 is 49.4. The summed E-state index contributed by atoms with van der Waals surface area (Å²) in [6.45, 7) is 2.96. The number of esters is 2. The van der Waals surface area contributed by atoms with Crippen LogP contribution >= 0.6 is 15.6 Å². The van der Waals surface area contributed by atoms with E-state index in [1.165, 1.54) is 25.7 Å². The lowest BCUT2D eigenvalue weighted by Crippen LogP contribution is -2.64. The Balaban J connectivity index is 2.61. The second-order valence-corrected chi connectivity index (χ2v) is 19.0. The van der Waals surface area contributed by atoms with Gasteiger partial charge in [0.15, 0.2) is 6.10 Å². The van der Waals surface area contributed by atoms with E-state index in [1.807, 2.05) is 0 Å². The summed E-state index contributed by atoms with van der Waals surface area (Å²) in [5, 5.41) is 41.2. The summed E-state index contributed by atoms with van der Waals surface area (Å²) in [7, 11) is -10.7. The lowest BCUT2D eigenvalue weighted by Gasteiger charge is -2.43. The number of aliphatic hydroxyl groups excluding tert-OH is 4. The van der Waals surface area contributed by atoms with Crippen molar-refractivity contribution in [1.29, 1.82) is 0 Å². The van der Waals surface area contributed by atoms with Crippen LogP contribution in [0, 0.1) is 0 Å². The lowest BCUT2D eigenvalue weighted by molar-refractivity contribution is -0.216. The van der Waals surface area contributed by atoms with Gasteiger partial charge in [0.05, 0.1) is 6.61 Å². The van der Waals surface area contributed by atoms with Gasteiger partial charge >= 0.3 is 27.6 Å². The zero-order valence-corrected chi connectivity index (χ0v) is 40.7. The molecule has 0 saturated heterocycles. The molecule has 1 fully saturated rings. The van der Waals surface area contributed by atoms with Gasteiger partial charge in [-0.1, -0.05) is 139 Å². The second-order valence-electron chi connectivity index (χ2n) is 16.4. The van der Waals surface area contributed by atoms with Crippen molar-refractivity contribution in [3.05, 3.63) is 60.8 Å². The molecule has 1 rings (SSSR count). The van der Waals surface area contributed by atoms with Crippen molar-refractivity contribution in [2.24, 2.45) is 0 Å². The Kier molecular flexibility index (Phi) is 35.2. The van der Waals surface area contributed by atoms with E-state index >= 15 is 0 Å². The van der Waals surface area contributed by atoms with Crippen LogP contribution in [0.5, 0.6) is 0 Å². The number of hydrogen-bond donors (Lipinski definition) is 7. The zero-order chi connectivity index (χ0) is 48.2. The fraction of sp³-hybridized carbons (Fsp3) is 0.745. The van der Waals surface area contributed by atoms with Crippen molar-refractivity contribution in [3.63, 3.8) is 0 Å². The summed E-state index contributed by atoms with van der Waals surface area (Å²) >= 11 is 0. The molecule has 18 heteroatoms. The minimum Gasteiger partial charge on any atom is -0.462 e. The largest absolute Gasteiger partial charge is 0.472 e. The van der Waals surface area contributed by atoms with Crippen LogP contribution in [-0.4, -0.2) is 103 Å². The lowest BCUT2D eigenvalue weighted by atomic mass is 9.85. The third-order valence-corrected chi connectivity index (χ3v) is 12.1. The first-order chi connectivity index (χ1) is 31.1. The van der Waals surface area contributed by atoms with Gasteiger partial charge in [0.25, 0.3) is 0 Å². The first-order valence-electron chi connectivity index (χ1n) is 23.8. The fourth-order valence-electron chi connectivity index (χ4n) is 6.89. The van der Waals surface area contributed by atoms with E-state index in [0.717, 1.165) is 103 Å². The maximum atomic E-state index is 13.0. The number of unbranched alkanes of at least 4 members (excludes halogenated alkanes) is 15. The highest BCUT2D eigenvalue weighted by atomic mass is 31.2. The molecule has 0 aromatic heterocycles. The maximum absolute atomic E-state index is 13.0. The standard InChI is InChI=1S/C47H82O16P2/c1-3-5-7-9-11-13-15-17-19-20-22-24-26-28-30-32-34-36-41(49)61-39(37-59-40(48)35-33-31-29-27-25-23-21-18-16-14-12-10-8-6-4-2)38-60-65(57,58)63-47-44(52)42(50)43(51)46(45(47)53)62-64(54,55)56/h5,7,11,13-14,16-17,19,22,24,39,42-47,50-53H,3-4,6,8-10,12,15,18,20-21,23,25-38H2,1-2H3,(H,57,58)(H2,54,55,56). The molecule has 7 N–H and O–H groups in total. The van der Waals surface area contributed by atoms with Crippen molar-refractivity contribution in [3.8, 4) is 0 Å². The number of phosphoric acid groups is 2. The first kappa shape index (κ1) is 60.7. The molecule has 1 saturated carbocycles. The molecule has 1 aliphatic carbocycles. The quantitative estimate of drug-likeness (QED) is 0.0131. The highest BCUT2D eigenvalue weighted by Crippen LogP contribution is 2.49. The number of hydrogen-bond acceptors (Lipinski definition) is 13. The number of allylic oxidation sites excluding steroid dienone is 10. The smallest absolute Gasteiger partial charge is 0.462 e. The topological polar surface area (TPSA) is 256 Å². The molecule has 0 heterocycles. The third-order valence-electron chi connectivity index (χ3n) is 10.6. The highest BCUT2D eigenvalue weighted by Gasteiger charge is 2.54. The monoisotopic (exact) mass is 965 g/mol. The van der Waals surface area contributed by atoms with Crippen LogP contribution in [0.1, 0.15) is 168 Å². The predicted octanol–water partition coefficient (Wildman–Crippen LogP) is 9.06. The van der Waals surface area contributed by atoms with E-state index in [2.05, 4.69) is 79.1 Å². The molecule has 0 aromatic rings. The Bertz CT molecular complexity index is 1490. The van der Waals surface area contributed by atoms with Crippen molar-refractivity contribution in [2.75, 3.05) is 13.2 Å². The van der Waals surface area contributed by atoms with Crippen LogP contribution in [-0.2, 0) is 41.8 Å². The fourth-order valence-corrected chi connectivity index (χ4v) is 8.43.